The second kappa shape index (κ2) is 5.57. The average molecular weight is 276 g/mol. The van der Waals surface area contributed by atoms with E-state index in [0.29, 0.717) is 18.3 Å². The minimum atomic E-state index is -3.94. The minimum Gasteiger partial charge on any atom is -0.466 e. The maximum atomic E-state index is 11.6. The van der Waals surface area contributed by atoms with E-state index in [2.05, 4.69) is 0 Å². The van der Waals surface area contributed by atoms with Gasteiger partial charge in [0.05, 0.1) is 12.4 Å². The predicted molar refractivity (Wildman–Crippen MR) is 65.5 cm³/mol. The summed E-state index contributed by atoms with van der Waals surface area (Å²) in [6.45, 7) is 0.0689. The molecule has 0 radical (unpaired) electrons. The minimum absolute atomic E-state index is 0.0689. The van der Waals surface area contributed by atoms with Crippen molar-refractivity contribution in [3.63, 3.8) is 0 Å². The standard InChI is InChI=1S/C12H20O5S/c13-12(17-4-1-5-18(14,15)16)8-11-7-9-2-3-10(11)6-9/h9-11H,1-8H2,(H,14,15,16). The third kappa shape index (κ3) is 3.95. The molecule has 2 rings (SSSR count). The maximum absolute atomic E-state index is 11.6. The lowest BCUT2D eigenvalue weighted by Crippen LogP contribution is -2.18. The lowest BCUT2D eigenvalue weighted by atomic mass is 9.86. The van der Waals surface area contributed by atoms with Crippen LogP contribution < -0.4 is 0 Å². The first-order valence-electron chi connectivity index (χ1n) is 6.55. The first-order valence-corrected chi connectivity index (χ1v) is 8.16. The van der Waals surface area contributed by atoms with Crippen LogP contribution in [-0.4, -0.2) is 31.3 Å². The summed E-state index contributed by atoms with van der Waals surface area (Å²) in [7, 11) is -3.94. The molecule has 0 saturated heterocycles. The van der Waals surface area contributed by atoms with E-state index in [0.717, 1.165) is 12.3 Å². The molecule has 0 amide bonds. The van der Waals surface area contributed by atoms with Crippen molar-refractivity contribution < 1.29 is 22.5 Å². The van der Waals surface area contributed by atoms with Gasteiger partial charge in [-0.15, -0.1) is 0 Å². The Labute approximate surface area is 108 Å². The van der Waals surface area contributed by atoms with Crippen LogP contribution in [0, 0.1) is 17.8 Å². The quantitative estimate of drug-likeness (QED) is 0.453. The van der Waals surface area contributed by atoms with Crippen LogP contribution in [0.4, 0.5) is 0 Å². The summed E-state index contributed by atoms with van der Waals surface area (Å²) < 4.78 is 34.4. The van der Waals surface area contributed by atoms with Gasteiger partial charge in [0, 0.05) is 6.42 Å². The SMILES string of the molecule is O=C(CC1CC2CCC1C2)OCCCS(=O)(=O)O. The highest BCUT2D eigenvalue weighted by Gasteiger charge is 2.40. The molecule has 5 nitrogen and oxygen atoms in total. The summed E-state index contributed by atoms with van der Waals surface area (Å²) in [6, 6.07) is 0. The van der Waals surface area contributed by atoms with Gasteiger partial charge in [0.2, 0.25) is 0 Å². The molecule has 0 aromatic carbocycles. The number of hydrogen-bond acceptors (Lipinski definition) is 4. The van der Waals surface area contributed by atoms with E-state index >= 15 is 0 Å². The van der Waals surface area contributed by atoms with E-state index < -0.39 is 10.1 Å². The van der Waals surface area contributed by atoms with E-state index in [1.807, 2.05) is 0 Å². The Hall–Kier alpha value is -0.620. The molecule has 3 atom stereocenters. The molecule has 1 N–H and O–H groups in total. The molecule has 0 heterocycles. The van der Waals surface area contributed by atoms with Crippen molar-refractivity contribution in [1.29, 1.82) is 0 Å². The highest BCUT2D eigenvalue weighted by Crippen LogP contribution is 2.49. The normalized spacial score (nSPS) is 30.6. The van der Waals surface area contributed by atoms with Gasteiger partial charge in [-0.25, -0.2) is 0 Å². The molecular weight excluding hydrogens is 256 g/mol. The average Bonchev–Trinajstić information content (AvgIpc) is 2.85. The molecule has 18 heavy (non-hydrogen) atoms. The smallest absolute Gasteiger partial charge is 0.306 e. The van der Waals surface area contributed by atoms with E-state index in [-0.39, 0.29) is 24.7 Å². The Morgan fingerprint density at radius 3 is 2.61 bits per heavy atom. The van der Waals surface area contributed by atoms with E-state index in [1.54, 1.807) is 0 Å². The summed E-state index contributed by atoms with van der Waals surface area (Å²) in [4.78, 5) is 11.6. The van der Waals surface area contributed by atoms with Crippen molar-refractivity contribution in [2.45, 2.75) is 38.5 Å². The summed E-state index contributed by atoms with van der Waals surface area (Å²) >= 11 is 0. The van der Waals surface area contributed by atoms with Gasteiger partial charge < -0.3 is 4.74 Å². The molecule has 0 aromatic heterocycles. The van der Waals surface area contributed by atoms with Gasteiger partial charge >= 0.3 is 5.97 Å². The number of carbonyl (C=O) groups excluding carboxylic acids is 1. The molecule has 6 heteroatoms. The van der Waals surface area contributed by atoms with Gasteiger partial charge in [-0.05, 0) is 43.4 Å². The summed E-state index contributed by atoms with van der Waals surface area (Å²) in [5.41, 5.74) is 0. The Kier molecular flexibility index (Phi) is 4.27. The lowest BCUT2D eigenvalue weighted by Gasteiger charge is -2.20. The van der Waals surface area contributed by atoms with Crippen molar-refractivity contribution in [1.82, 2.24) is 0 Å². The Bertz CT molecular complexity index is 403. The molecule has 3 unspecified atom stereocenters. The van der Waals surface area contributed by atoms with Gasteiger partial charge in [-0.2, -0.15) is 8.42 Å². The number of carbonyl (C=O) groups is 1. The van der Waals surface area contributed by atoms with Crippen molar-refractivity contribution in [3.8, 4) is 0 Å². The molecule has 0 spiro atoms. The summed E-state index contributed by atoms with van der Waals surface area (Å²) in [6.07, 6.45) is 5.58. The Balaban J connectivity index is 1.61. The van der Waals surface area contributed by atoms with E-state index in [1.165, 1.54) is 19.3 Å². The number of fused-ring (bicyclic) bond motifs is 2. The van der Waals surface area contributed by atoms with Crippen LogP contribution in [0.1, 0.15) is 38.5 Å². The molecule has 2 fully saturated rings. The fourth-order valence-electron chi connectivity index (χ4n) is 3.33. The van der Waals surface area contributed by atoms with Gasteiger partial charge in [-0.1, -0.05) is 6.42 Å². The van der Waals surface area contributed by atoms with Gasteiger partial charge in [0.15, 0.2) is 0 Å². The monoisotopic (exact) mass is 276 g/mol. The topological polar surface area (TPSA) is 80.7 Å². The Morgan fingerprint density at radius 1 is 1.28 bits per heavy atom. The lowest BCUT2D eigenvalue weighted by molar-refractivity contribution is -0.145. The van der Waals surface area contributed by atoms with E-state index in [9.17, 15) is 13.2 Å². The van der Waals surface area contributed by atoms with Gasteiger partial charge in [-0.3, -0.25) is 9.35 Å². The molecule has 2 saturated carbocycles. The first-order chi connectivity index (χ1) is 8.44. The molecule has 2 aliphatic rings. The number of esters is 1. The van der Waals surface area contributed by atoms with Crippen LogP contribution in [-0.2, 0) is 19.6 Å². The third-order valence-corrected chi connectivity index (χ3v) is 4.93. The van der Waals surface area contributed by atoms with Crippen LogP contribution in [0.2, 0.25) is 0 Å². The van der Waals surface area contributed by atoms with E-state index in [4.69, 9.17) is 9.29 Å². The second-order valence-corrected chi connectivity index (χ2v) is 7.07. The van der Waals surface area contributed by atoms with Crippen molar-refractivity contribution in [3.05, 3.63) is 0 Å². The highest BCUT2D eigenvalue weighted by atomic mass is 32.2. The fraction of sp³-hybridized carbons (Fsp3) is 0.917. The Morgan fingerprint density at radius 2 is 2.06 bits per heavy atom. The maximum Gasteiger partial charge on any atom is 0.306 e. The first kappa shape index (κ1) is 13.8. The van der Waals surface area contributed by atoms with Crippen LogP contribution in [0.3, 0.4) is 0 Å². The fourth-order valence-corrected chi connectivity index (χ4v) is 3.81. The zero-order chi connectivity index (χ0) is 13.2. The molecular formula is C12H20O5S. The van der Waals surface area contributed by atoms with Crippen molar-refractivity contribution >= 4 is 16.1 Å². The zero-order valence-electron chi connectivity index (χ0n) is 10.4. The van der Waals surface area contributed by atoms with Crippen molar-refractivity contribution in [2.75, 3.05) is 12.4 Å². The molecule has 104 valence electrons. The van der Waals surface area contributed by atoms with Crippen molar-refractivity contribution in [2.24, 2.45) is 17.8 Å². The third-order valence-electron chi connectivity index (χ3n) is 4.12. The van der Waals surface area contributed by atoms with Crippen LogP contribution in [0.5, 0.6) is 0 Å². The molecule has 0 aromatic rings. The highest BCUT2D eigenvalue weighted by molar-refractivity contribution is 7.85. The van der Waals surface area contributed by atoms with Gasteiger partial charge in [0.1, 0.15) is 0 Å². The molecule has 0 aliphatic heterocycles. The van der Waals surface area contributed by atoms with Crippen LogP contribution >= 0.6 is 0 Å². The summed E-state index contributed by atoms with van der Waals surface area (Å²) in [5, 5.41) is 0. The van der Waals surface area contributed by atoms with Crippen LogP contribution in [0.15, 0.2) is 0 Å². The number of rotatable bonds is 6. The molecule has 2 bridgehead atoms. The molecule has 2 aliphatic carbocycles. The second-order valence-electron chi connectivity index (χ2n) is 5.50. The summed E-state index contributed by atoms with van der Waals surface area (Å²) in [5.74, 6) is 1.39. The van der Waals surface area contributed by atoms with Crippen LogP contribution in [0.25, 0.3) is 0 Å². The number of hydrogen-bond donors (Lipinski definition) is 1. The predicted octanol–water partition coefficient (Wildman–Crippen LogP) is 1.63. The largest absolute Gasteiger partial charge is 0.466 e. The zero-order valence-corrected chi connectivity index (χ0v) is 11.2. The number of ether oxygens (including phenoxy) is 1. The van der Waals surface area contributed by atoms with Gasteiger partial charge in [0.25, 0.3) is 10.1 Å².